The average Bonchev–Trinajstić information content (AvgIpc) is 2.84. The first kappa shape index (κ1) is 11.5. The van der Waals surface area contributed by atoms with Crippen molar-refractivity contribution >= 4 is 17.3 Å². The van der Waals surface area contributed by atoms with Crippen molar-refractivity contribution in [2.45, 2.75) is 19.9 Å². The van der Waals surface area contributed by atoms with E-state index < -0.39 is 5.97 Å². The largest absolute Gasteiger partial charge is 0.481 e. The monoisotopic (exact) mass is 240 g/mol. The number of aliphatic carboxylic acids is 1. The van der Waals surface area contributed by atoms with Crippen molar-refractivity contribution in [2.75, 3.05) is 13.1 Å². The van der Waals surface area contributed by atoms with Crippen molar-refractivity contribution in [3.8, 4) is 0 Å². The summed E-state index contributed by atoms with van der Waals surface area (Å²) < 4.78 is 0. The number of thiazole rings is 1. The molecule has 3 atom stereocenters. The molecule has 1 saturated heterocycles. The van der Waals surface area contributed by atoms with Crippen LogP contribution < -0.4 is 0 Å². The molecule has 0 aliphatic carbocycles. The Morgan fingerprint density at radius 1 is 1.69 bits per heavy atom. The van der Waals surface area contributed by atoms with E-state index in [1.54, 1.807) is 17.5 Å². The third kappa shape index (κ3) is 2.10. The highest BCUT2D eigenvalue weighted by atomic mass is 32.1. The van der Waals surface area contributed by atoms with Crippen LogP contribution in [-0.4, -0.2) is 34.0 Å². The maximum absolute atomic E-state index is 11.0. The number of carbonyl (C=O) groups is 1. The molecule has 0 radical (unpaired) electrons. The number of hydrogen-bond acceptors (Lipinski definition) is 4. The number of aromatic nitrogens is 1. The molecule has 3 unspecified atom stereocenters. The van der Waals surface area contributed by atoms with Gasteiger partial charge in [-0.1, -0.05) is 6.92 Å². The van der Waals surface area contributed by atoms with Gasteiger partial charge in [-0.05, 0) is 12.8 Å². The van der Waals surface area contributed by atoms with Crippen molar-refractivity contribution in [2.24, 2.45) is 11.8 Å². The number of carboxylic acids is 1. The van der Waals surface area contributed by atoms with Crippen molar-refractivity contribution < 1.29 is 9.90 Å². The average molecular weight is 240 g/mol. The van der Waals surface area contributed by atoms with E-state index in [2.05, 4.69) is 16.8 Å². The van der Waals surface area contributed by atoms with Crippen LogP contribution in [0.25, 0.3) is 0 Å². The Hall–Kier alpha value is -0.940. The summed E-state index contributed by atoms with van der Waals surface area (Å²) in [4.78, 5) is 17.5. The summed E-state index contributed by atoms with van der Waals surface area (Å²) in [7, 11) is 0. The van der Waals surface area contributed by atoms with Crippen molar-refractivity contribution in [1.82, 2.24) is 9.88 Å². The molecule has 0 bridgehead atoms. The molecule has 2 heterocycles. The zero-order valence-electron chi connectivity index (χ0n) is 9.46. The molecule has 1 aliphatic rings. The maximum Gasteiger partial charge on any atom is 0.308 e. The van der Waals surface area contributed by atoms with Crippen LogP contribution in [0.4, 0.5) is 0 Å². The zero-order valence-corrected chi connectivity index (χ0v) is 10.3. The first-order valence-corrected chi connectivity index (χ1v) is 6.33. The molecule has 1 fully saturated rings. The van der Waals surface area contributed by atoms with Gasteiger partial charge >= 0.3 is 5.97 Å². The van der Waals surface area contributed by atoms with E-state index in [0.717, 1.165) is 11.6 Å². The van der Waals surface area contributed by atoms with Crippen LogP contribution in [0.2, 0.25) is 0 Å². The Morgan fingerprint density at radius 2 is 2.44 bits per heavy atom. The summed E-state index contributed by atoms with van der Waals surface area (Å²) in [6.45, 7) is 5.58. The minimum atomic E-state index is -0.679. The molecule has 2 rings (SSSR count). The molecule has 4 nitrogen and oxygen atoms in total. The number of carboxylic acid groups (broad SMARTS) is 1. The normalized spacial score (nSPS) is 28.1. The lowest BCUT2D eigenvalue weighted by Gasteiger charge is -2.21. The minimum Gasteiger partial charge on any atom is -0.481 e. The van der Waals surface area contributed by atoms with E-state index in [0.29, 0.717) is 6.54 Å². The third-order valence-electron chi connectivity index (χ3n) is 3.31. The molecule has 5 heteroatoms. The van der Waals surface area contributed by atoms with Gasteiger partial charge in [-0.2, -0.15) is 0 Å². The second-order valence-electron chi connectivity index (χ2n) is 4.42. The topological polar surface area (TPSA) is 53.4 Å². The molecular formula is C11H16N2O2S. The Balaban J connectivity index is 2.05. The SMILES string of the molecule is CC1CN(C(C)c2nccs2)CC1C(=O)O. The van der Waals surface area contributed by atoms with Gasteiger partial charge in [-0.3, -0.25) is 9.69 Å². The summed E-state index contributed by atoms with van der Waals surface area (Å²) in [6, 6.07) is 0.229. The predicted octanol–water partition coefficient (Wildman–Crippen LogP) is 1.86. The summed E-state index contributed by atoms with van der Waals surface area (Å²) in [6.07, 6.45) is 1.80. The first-order chi connectivity index (χ1) is 7.59. The fourth-order valence-corrected chi connectivity index (χ4v) is 2.97. The van der Waals surface area contributed by atoms with Crippen LogP contribution in [-0.2, 0) is 4.79 Å². The van der Waals surface area contributed by atoms with Gasteiger partial charge in [0.1, 0.15) is 5.01 Å². The van der Waals surface area contributed by atoms with Crippen molar-refractivity contribution in [1.29, 1.82) is 0 Å². The molecule has 88 valence electrons. The van der Waals surface area contributed by atoms with Gasteiger partial charge in [0, 0.05) is 24.7 Å². The molecule has 1 aromatic rings. The lowest BCUT2D eigenvalue weighted by molar-refractivity contribution is -0.142. The molecule has 16 heavy (non-hydrogen) atoms. The molecule has 0 saturated carbocycles. The fraction of sp³-hybridized carbons (Fsp3) is 0.636. The van der Waals surface area contributed by atoms with E-state index in [4.69, 9.17) is 5.11 Å². The van der Waals surface area contributed by atoms with E-state index in [1.165, 1.54) is 0 Å². The van der Waals surface area contributed by atoms with E-state index in [9.17, 15) is 4.79 Å². The molecule has 1 aliphatic heterocycles. The number of hydrogen-bond donors (Lipinski definition) is 1. The maximum atomic E-state index is 11.0. The summed E-state index contributed by atoms with van der Waals surface area (Å²) >= 11 is 1.63. The Morgan fingerprint density at radius 3 is 2.94 bits per heavy atom. The van der Waals surface area contributed by atoms with Gasteiger partial charge in [-0.25, -0.2) is 4.98 Å². The predicted molar refractivity (Wildman–Crippen MR) is 62.4 cm³/mol. The quantitative estimate of drug-likeness (QED) is 0.876. The van der Waals surface area contributed by atoms with Gasteiger partial charge in [0.25, 0.3) is 0 Å². The van der Waals surface area contributed by atoms with E-state index in [1.807, 2.05) is 12.3 Å². The Labute approximate surface area is 98.9 Å². The molecule has 0 spiro atoms. The highest BCUT2D eigenvalue weighted by molar-refractivity contribution is 7.09. The van der Waals surface area contributed by atoms with Gasteiger partial charge in [0.15, 0.2) is 0 Å². The second-order valence-corrected chi connectivity index (χ2v) is 5.35. The summed E-state index contributed by atoms with van der Waals surface area (Å²) in [5.41, 5.74) is 0. The van der Waals surface area contributed by atoms with Gasteiger partial charge in [0.05, 0.1) is 12.0 Å². The first-order valence-electron chi connectivity index (χ1n) is 5.46. The number of likely N-dealkylation sites (tertiary alicyclic amines) is 1. The lowest BCUT2D eigenvalue weighted by atomic mass is 9.99. The van der Waals surface area contributed by atoms with Crippen LogP contribution in [0.5, 0.6) is 0 Å². The van der Waals surface area contributed by atoms with Gasteiger partial charge in [-0.15, -0.1) is 11.3 Å². The van der Waals surface area contributed by atoms with Crippen LogP contribution in [0.15, 0.2) is 11.6 Å². The molecule has 1 aromatic heterocycles. The van der Waals surface area contributed by atoms with Crippen LogP contribution in [0, 0.1) is 11.8 Å². The summed E-state index contributed by atoms with van der Waals surface area (Å²) in [5, 5.41) is 12.1. The Bertz CT molecular complexity index is 366. The van der Waals surface area contributed by atoms with Gasteiger partial charge in [0.2, 0.25) is 0 Å². The lowest BCUT2D eigenvalue weighted by Crippen LogP contribution is -2.26. The van der Waals surface area contributed by atoms with Crippen LogP contribution in [0.3, 0.4) is 0 Å². The minimum absolute atomic E-state index is 0.222. The fourth-order valence-electron chi connectivity index (χ4n) is 2.24. The van der Waals surface area contributed by atoms with Crippen LogP contribution >= 0.6 is 11.3 Å². The molecule has 0 amide bonds. The Kier molecular flexibility index (Phi) is 3.25. The smallest absolute Gasteiger partial charge is 0.308 e. The zero-order chi connectivity index (χ0) is 11.7. The van der Waals surface area contributed by atoms with Gasteiger partial charge < -0.3 is 5.11 Å². The highest BCUT2D eigenvalue weighted by Crippen LogP contribution is 2.31. The number of rotatable bonds is 3. The second kappa shape index (κ2) is 4.51. The van der Waals surface area contributed by atoms with Crippen molar-refractivity contribution in [3.63, 3.8) is 0 Å². The number of nitrogens with zero attached hydrogens (tertiary/aromatic N) is 2. The molecule has 1 N–H and O–H groups in total. The highest BCUT2D eigenvalue weighted by Gasteiger charge is 2.37. The molecular weight excluding hydrogens is 224 g/mol. The van der Waals surface area contributed by atoms with E-state index in [-0.39, 0.29) is 17.9 Å². The summed E-state index contributed by atoms with van der Waals surface area (Å²) in [5.74, 6) is -0.691. The van der Waals surface area contributed by atoms with Crippen molar-refractivity contribution in [3.05, 3.63) is 16.6 Å². The molecule has 0 aromatic carbocycles. The third-order valence-corrected chi connectivity index (χ3v) is 4.26. The standard InChI is InChI=1S/C11H16N2O2S/c1-7-5-13(6-9(7)11(14)15)8(2)10-12-3-4-16-10/h3-4,7-9H,5-6H2,1-2H3,(H,14,15). The van der Waals surface area contributed by atoms with E-state index >= 15 is 0 Å². The van der Waals surface area contributed by atoms with Crippen LogP contribution in [0.1, 0.15) is 24.9 Å².